The van der Waals surface area contributed by atoms with Gasteiger partial charge in [-0.1, -0.05) is 27.7 Å². The molecule has 0 saturated heterocycles. The van der Waals surface area contributed by atoms with Gasteiger partial charge in [0.05, 0.1) is 6.10 Å². The second kappa shape index (κ2) is 6.01. The predicted molar refractivity (Wildman–Crippen MR) is 120 cm³/mol. The molecule has 2 spiro atoms. The number of hydrogen-bond donors (Lipinski definition) is 3. The van der Waals surface area contributed by atoms with Gasteiger partial charge in [0.25, 0.3) is 0 Å². The molecule has 0 aromatic heterocycles. The van der Waals surface area contributed by atoms with Crippen molar-refractivity contribution in [2.24, 2.45) is 44.8 Å². The molecule has 2 unspecified atom stereocenters. The number of hydrogen-bond acceptors (Lipinski definition) is 3. The van der Waals surface area contributed by atoms with E-state index < -0.39 is 0 Å². The average molecular weight is 403 g/mol. The zero-order valence-electron chi connectivity index (χ0n) is 20.1. The van der Waals surface area contributed by atoms with E-state index >= 15 is 0 Å². The molecule has 166 valence electrons. The van der Waals surface area contributed by atoms with Crippen LogP contribution in [-0.4, -0.2) is 37.4 Å². The van der Waals surface area contributed by atoms with Gasteiger partial charge in [0, 0.05) is 18.0 Å². The first kappa shape index (κ1) is 20.8. The third-order valence-corrected chi connectivity index (χ3v) is 12.5. The van der Waals surface area contributed by atoms with Gasteiger partial charge >= 0.3 is 0 Å². The Morgan fingerprint density at radius 3 is 2.17 bits per heavy atom. The summed E-state index contributed by atoms with van der Waals surface area (Å²) in [7, 11) is 4.25. The second-order valence-corrected chi connectivity index (χ2v) is 13.1. The van der Waals surface area contributed by atoms with Crippen molar-refractivity contribution in [2.45, 2.75) is 104 Å². The molecule has 5 aliphatic rings. The molecular weight excluding hydrogens is 356 g/mol. The Labute approximate surface area is 179 Å². The second-order valence-electron chi connectivity index (χ2n) is 13.1. The molecule has 5 fully saturated rings. The van der Waals surface area contributed by atoms with Crippen LogP contribution in [0.25, 0.3) is 0 Å². The molecule has 5 saturated carbocycles. The van der Waals surface area contributed by atoms with Gasteiger partial charge in [0.1, 0.15) is 0 Å². The molecule has 3 N–H and O–H groups in total. The highest BCUT2D eigenvalue weighted by Gasteiger charge is 2.82. The van der Waals surface area contributed by atoms with Gasteiger partial charge in [0.15, 0.2) is 0 Å². The van der Waals surface area contributed by atoms with Gasteiger partial charge in [-0.05, 0) is 111 Å². The van der Waals surface area contributed by atoms with Crippen LogP contribution in [0.5, 0.6) is 0 Å². The normalized spacial score (nSPS) is 58.6. The Morgan fingerprint density at radius 1 is 0.862 bits per heavy atom. The van der Waals surface area contributed by atoms with Crippen molar-refractivity contribution >= 4 is 0 Å². The van der Waals surface area contributed by atoms with Gasteiger partial charge < -0.3 is 15.7 Å². The lowest BCUT2D eigenvalue weighted by Crippen LogP contribution is -2.59. The molecule has 3 nitrogen and oxygen atoms in total. The first-order chi connectivity index (χ1) is 13.5. The Bertz CT molecular complexity index is 692. The van der Waals surface area contributed by atoms with Crippen LogP contribution in [0.1, 0.15) is 86.0 Å². The maximum Gasteiger partial charge on any atom is 0.0594 e. The highest BCUT2D eigenvalue weighted by atomic mass is 16.3. The molecule has 0 bridgehead atoms. The number of fused-ring (bicyclic) bond motifs is 2. The van der Waals surface area contributed by atoms with Crippen LogP contribution in [0.3, 0.4) is 0 Å². The van der Waals surface area contributed by atoms with E-state index in [-0.39, 0.29) is 11.5 Å². The number of nitrogens with one attached hydrogen (secondary N) is 2. The van der Waals surface area contributed by atoms with Crippen LogP contribution in [0.4, 0.5) is 0 Å². The van der Waals surface area contributed by atoms with Crippen molar-refractivity contribution in [3.05, 3.63) is 0 Å². The topological polar surface area (TPSA) is 44.3 Å². The number of aliphatic hydroxyl groups excluding tert-OH is 1. The largest absolute Gasteiger partial charge is 0.393 e. The highest BCUT2D eigenvalue weighted by molar-refractivity contribution is 5.31. The minimum atomic E-state index is -0.147. The molecule has 0 aromatic rings. The highest BCUT2D eigenvalue weighted by Crippen LogP contribution is 2.88. The Kier molecular flexibility index (Phi) is 4.31. The van der Waals surface area contributed by atoms with Crippen molar-refractivity contribution < 1.29 is 5.11 Å². The molecular formula is C26H46N2O. The summed E-state index contributed by atoms with van der Waals surface area (Å²) in [5, 5.41) is 18.4. The summed E-state index contributed by atoms with van der Waals surface area (Å²) in [5.41, 5.74) is 2.14. The zero-order valence-corrected chi connectivity index (χ0v) is 20.1. The number of aliphatic hydroxyl groups is 1. The lowest BCUT2D eigenvalue weighted by molar-refractivity contribution is -0.144. The van der Waals surface area contributed by atoms with E-state index in [1.54, 1.807) is 0 Å². The summed E-state index contributed by atoms with van der Waals surface area (Å²) < 4.78 is 0. The Balaban J connectivity index is 1.52. The zero-order chi connectivity index (χ0) is 21.0. The fourth-order valence-corrected chi connectivity index (χ4v) is 11.1. The molecule has 0 heterocycles. The van der Waals surface area contributed by atoms with Crippen LogP contribution < -0.4 is 10.6 Å². The lowest BCUT2D eigenvalue weighted by Gasteiger charge is -2.63. The molecule has 5 aliphatic carbocycles. The molecule has 0 amide bonds. The van der Waals surface area contributed by atoms with Crippen LogP contribution in [0, 0.1) is 44.8 Å². The van der Waals surface area contributed by atoms with Crippen LogP contribution in [-0.2, 0) is 0 Å². The monoisotopic (exact) mass is 402 g/mol. The quantitative estimate of drug-likeness (QED) is 0.647. The fraction of sp³-hybridized carbons (Fsp3) is 1.00. The van der Waals surface area contributed by atoms with Crippen LogP contribution in [0.2, 0.25) is 0 Å². The summed E-state index contributed by atoms with van der Waals surface area (Å²) in [6.07, 6.45) is 10.7. The van der Waals surface area contributed by atoms with E-state index in [9.17, 15) is 5.11 Å². The minimum absolute atomic E-state index is 0.147. The van der Waals surface area contributed by atoms with Crippen molar-refractivity contribution in [3.63, 3.8) is 0 Å². The van der Waals surface area contributed by atoms with Crippen LogP contribution in [0.15, 0.2) is 0 Å². The van der Waals surface area contributed by atoms with E-state index in [4.69, 9.17) is 0 Å². The molecule has 29 heavy (non-hydrogen) atoms. The molecule has 5 rings (SSSR count). The van der Waals surface area contributed by atoms with Gasteiger partial charge in [-0.15, -0.1) is 0 Å². The van der Waals surface area contributed by atoms with Crippen molar-refractivity contribution in [1.82, 2.24) is 10.6 Å². The Morgan fingerprint density at radius 2 is 1.52 bits per heavy atom. The summed E-state index contributed by atoms with van der Waals surface area (Å²) >= 11 is 0. The van der Waals surface area contributed by atoms with Crippen molar-refractivity contribution in [2.75, 3.05) is 14.1 Å². The molecule has 10 atom stereocenters. The third-order valence-electron chi connectivity index (χ3n) is 12.5. The maximum atomic E-state index is 11.3. The summed E-state index contributed by atoms with van der Waals surface area (Å²) in [6, 6.07) is 1.06. The molecule has 0 aromatic carbocycles. The minimum Gasteiger partial charge on any atom is -0.393 e. The van der Waals surface area contributed by atoms with E-state index in [2.05, 4.69) is 59.3 Å². The van der Waals surface area contributed by atoms with E-state index in [0.29, 0.717) is 39.7 Å². The fourth-order valence-electron chi connectivity index (χ4n) is 11.1. The van der Waals surface area contributed by atoms with Gasteiger partial charge in [-0.2, -0.15) is 0 Å². The molecule has 0 radical (unpaired) electrons. The standard InChI is InChI=1S/C26H46N2O/c1-16(27-6)21-17(29)14-24(5)19-9-8-18-22(2,3)20(28-7)10-11-25(18)15-26(19,25)13-12-23(21,24)4/h16-21,27-29H,8-15H2,1-7H3/t16?,17-,18+,19+,20?,21+,23-,24+,25-,26+/m1/s1. The third kappa shape index (κ3) is 2.16. The van der Waals surface area contributed by atoms with Gasteiger partial charge in [0.2, 0.25) is 0 Å². The smallest absolute Gasteiger partial charge is 0.0594 e. The van der Waals surface area contributed by atoms with Gasteiger partial charge in [-0.25, -0.2) is 0 Å². The first-order valence-corrected chi connectivity index (χ1v) is 12.6. The predicted octanol–water partition coefficient (Wildman–Crippen LogP) is 4.59. The maximum absolute atomic E-state index is 11.3. The number of rotatable bonds is 3. The van der Waals surface area contributed by atoms with Crippen molar-refractivity contribution in [3.8, 4) is 0 Å². The molecule has 3 heteroatoms. The molecule has 0 aliphatic heterocycles. The average Bonchev–Trinajstić information content (AvgIpc) is 3.26. The summed E-state index contributed by atoms with van der Waals surface area (Å²) in [5.74, 6) is 2.08. The summed E-state index contributed by atoms with van der Waals surface area (Å²) in [6.45, 7) is 12.6. The van der Waals surface area contributed by atoms with Crippen LogP contribution >= 0.6 is 0 Å². The van der Waals surface area contributed by atoms with E-state index in [0.717, 1.165) is 18.3 Å². The van der Waals surface area contributed by atoms with Crippen molar-refractivity contribution in [1.29, 1.82) is 0 Å². The van der Waals surface area contributed by atoms with Gasteiger partial charge in [-0.3, -0.25) is 0 Å². The van der Waals surface area contributed by atoms with E-state index in [1.165, 1.54) is 44.9 Å². The summed E-state index contributed by atoms with van der Waals surface area (Å²) in [4.78, 5) is 0. The SMILES string of the molecule is CNC(C)[C@H]1[C@H](O)C[C@@]2(C)[C@@H]3CC[C@H]4C(C)(C)C(NC)CC[C@@]45C[C@@]35CC[C@]12C. The Hall–Kier alpha value is -0.120. The van der Waals surface area contributed by atoms with E-state index in [1.807, 2.05) is 0 Å². The lowest BCUT2D eigenvalue weighted by atomic mass is 9.42. The first-order valence-electron chi connectivity index (χ1n) is 12.6.